The average molecular weight is 213 g/mol. The summed E-state index contributed by atoms with van der Waals surface area (Å²) in [6.07, 6.45) is 1.14. The summed E-state index contributed by atoms with van der Waals surface area (Å²) in [5.41, 5.74) is 0. The quantitative estimate of drug-likeness (QED) is 0.694. The fourth-order valence-corrected chi connectivity index (χ4v) is 2.22. The van der Waals surface area contributed by atoms with E-state index in [2.05, 4.69) is 29.4 Å². The van der Waals surface area contributed by atoms with E-state index in [4.69, 9.17) is 0 Å². The molecule has 0 radical (unpaired) electrons. The Kier molecular flexibility index (Phi) is 5.05. The lowest BCUT2D eigenvalue weighted by atomic mass is 9.94. The van der Waals surface area contributed by atoms with Crippen LogP contribution in [0.5, 0.6) is 0 Å². The number of likely N-dealkylation sites (tertiary alicyclic amines) is 1. The molecule has 1 heterocycles. The molecule has 1 aliphatic rings. The van der Waals surface area contributed by atoms with E-state index in [1.54, 1.807) is 7.05 Å². The highest BCUT2D eigenvalue weighted by molar-refractivity contribution is 5.77. The lowest BCUT2D eigenvalue weighted by Gasteiger charge is -2.36. The Morgan fingerprint density at radius 3 is 2.80 bits per heavy atom. The third-order valence-electron chi connectivity index (χ3n) is 3.10. The van der Waals surface area contributed by atoms with Crippen LogP contribution in [-0.2, 0) is 4.79 Å². The topological polar surface area (TPSA) is 44.4 Å². The van der Waals surface area contributed by atoms with Gasteiger partial charge in [-0.1, -0.05) is 13.8 Å². The van der Waals surface area contributed by atoms with Gasteiger partial charge in [-0.15, -0.1) is 0 Å². The third-order valence-corrected chi connectivity index (χ3v) is 3.10. The first-order valence-corrected chi connectivity index (χ1v) is 5.83. The van der Waals surface area contributed by atoms with Gasteiger partial charge in [-0.05, 0) is 18.9 Å². The monoisotopic (exact) mass is 213 g/mol. The molecular weight excluding hydrogens is 190 g/mol. The summed E-state index contributed by atoms with van der Waals surface area (Å²) in [4.78, 5) is 13.5. The first-order chi connectivity index (χ1) is 7.17. The Hall–Kier alpha value is -0.610. The predicted molar refractivity (Wildman–Crippen MR) is 61.8 cm³/mol. The average Bonchev–Trinajstić information content (AvgIpc) is 2.22. The van der Waals surface area contributed by atoms with Gasteiger partial charge in [0.25, 0.3) is 0 Å². The molecule has 1 fully saturated rings. The highest BCUT2D eigenvalue weighted by atomic mass is 16.1. The summed E-state index contributed by atoms with van der Waals surface area (Å²) in [6.45, 7) is 8.01. The van der Waals surface area contributed by atoms with E-state index < -0.39 is 0 Å². The summed E-state index contributed by atoms with van der Waals surface area (Å²) in [5, 5.41) is 6.16. The molecule has 2 unspecified atom stereocenters. The Labute approximate surface area is 92.4 Å². The van der Waals surface area contributed by atoms with E-state index in [1.807, 2.05) is 0 Å². The molecular formula is C11H23N3O. The molecule has 2 atom stereocenters. The Morgan fingerprint density at radius 2 is 2.27 bits per heavy atom. The summed E-state index contributed by atoms with van der Waals surface area (Å²) in [7, 11) is 1.69. The lowest BCUT2D eigenvalue weighted by Crippen LogP contribution is -2.50. The van der Waals surface area contributed by atoms with Gasteiger partial charge in [-0.2, -0.15) is 0 Å². The number of amides is 1. The van der Waals surface area contributed by atoms with Crippen molar-refractivity contribution in [3.05, 3.63) is 0 Å². The molecule has 0 saturated carbocycles. The summed E-state index contributed by atoms with van der Waals surface area (Å²) in [5.74, 6) is 0.743. The SMILES string of the molecule is CCNC1CCN(CC(=O)NC)CC1C. The zero-order valence-electron chi connectivity index (χ0n) is 10.0. The molecule has 88 valence electrons. The number of piperidine rings is 1. The van der Waals surface area contributed by atoms with Crippen molar-refractivity contribution in [2.24, 2.45) is 5.92 Å². The minimum atomic E-state index is 0.115. The normalized spacial score (nSPS) is 27.7. The maximum Gasteiger partial charge on any atom is 0.233 e. The number of hydrogen-bond donors (Lipinski definition) is 2. The molecule has 2 N–H and O–H groups in total. The van der Waals surface area contributed by atoms with Crippen LogP contribution in [0, 0.1) is 5.92 Å². The largest absolute Gasteiger partial charge is 0.358 e. The van der Waals surface area contributed by atoms with Crippen LogP contribution in [-0.4, -0.2) is 50.1 Å². The Balaban J connectivity index is 2.33. The summed E-state index contributed by atoms with van der Waals surface area (Å²) in [6, 6.07) is 0.621. The van der Waals surface area contributed by atoms with Gasteiger partial charge in [-0.3, -0.25) is 9.69 Å². The van der Waals surface area contributed by atoms with Gasteiger partial charge in [0.15, 0.2) is 0 Å². The van der Waals surface area contributed by atoms with E-state index in [9.17, 15) is 4.79 Å². The van der Waals surface area contributed by atoms with E-state index in [-0.39, 0.29) is 5.91 Å². The van der Waals surface area contributed by atoms with E-state index >= 15 is 0 Å². The van der Waals surface area contributed by atoms with Crippen LogP contribution in [0.2, 0.25) is 0 Å². The number of rotatable bonds is 4. The number of nitrogens with zero attached hydrogens (tertiary/aromatic N) is 1. The second kappa shape index (κ2) is 6.08. The Morgan fingerprint density at radius 1 is 1.53 bits per heavy atom. The van der Waals surface area contributed by atoms with Crippen LogP contribution in [0.25, 0.3) is 0 Å². The predicted octanol–water partition coefficient (Wildman–Crippen LogP) is 0.0523. The zero-order chi connectivity index (χ0) is 11.3. The van der Waals surface area contributed by atoms with Crippen molar-refractivity contribution in [2.45, 2.75) is 26.3 Å². The van der Waals surface area contributed by atoms with Gasteiger partial charge in [-0.25, -0.2) is 0 Å². The fraction of sp³-hybridized carbons (Fsp3) is 0.909. The van der Waals surface area contributed by atoms with Gasteiger partial charge in [0.1, 0.15) is 0 Å². The standard InChI is InChI=1S/C11H23N3O/c1-4-13-10-5-6-14(7-9(10)2)8-11(15)12-3/h9-10,13H,4-8H2,1-3H3,(H,12,15). The number of carbonyl (C=O) groups excluding carboxylic acids is 1. The van der Waals surface area contributed by atoms with Crippen molar-refractivity contribution >= 4 is 5.91 Å². The smallest absolute Gasteiger partial charge is 0.233 e. The molecule has 1 rings (SSSR count). The molecule has 1 amide bonds. The molecule has 1 aliphatic heterocycles. The fourth-order valence-electron chi connectivity index (χ4n) is 2.22. The van der Waals surface area contributed by atoms with Crippen LogP contribution < -0.4 is 10.6 Å². The molecule has 0 aromatic heterocycles. The van der Waals surface area contributed by atoms with E-state index in [0.717, 1.165) is 26.1 Å². The molecule has 4 nitrogen and oxygen atoms in total. The van der Waals surface area contributed by atoms with Crippen molar-refractivity contribution in [2.75, 3.05) is 33.2 Å². The molecule has 1 saturated heterocycles. The molecule has 15 heavy (non-hydrogen) atoms. The molecule has 0 bridgehead atoms. The molecule has 4 heteroatoms. The number of carbonyl (C=O) groups is 1. The van der Waals surface area contributed by atoms with Crippen molar-refractivity contribution < 1.29 is 4.79 Å². The van der Waals surface area contributed by atoms with Crippen LogP contribution >= 0.6 is 0 Å². The maximum atomic E-state index is 11.2. The third kappa shape index (κ3) is 3.80. The Bertz CT molecular complexity index is 208. The highest BCUT2D eigenvalue weighted by Crippen LogP contribution is 2.16. The van der Waals surface area contributed by atoms with E-state index in [1.165, 1.54) is 0 Å². The summed E-state index contributed by atoms with van der Waals surface area (Å²) < 4.78 is 0. The first-order valence-electron chi connectivity index (χ1n) is 5.83. The number of hydrogen-bond acceptors (Lipinski definition) is 3. The zero-order valence-corrected chi connectivity index (χ0v) is 10.0. The van der Waals surface area contributed by atoms with Crippen molar-refractivity contribution in [1.82, 2.24) is 15.5 Å². The molecule has 0 spiro atoms. The second-order valence-corrected chi connectivity index (χ2v) is 4.34. The minimum absolute atomic E-state index is 0.115. The number of likely N-dealkylation sites (N-methyl/N-ethyl adjacent to an activating group) is 1. The maximum absolute atomic E-state index is 11.2. The van der Waals surface area contributed by atoms with Crippen LogP contribution in [0.1, 0.15) is 20.3 Å². The number of nitrogens with one attached hydrogen (secondary N) is 2. The molecule has 0 aromatic rings. The van der Waals surface area contributed by atoms with Gasteiger partial charge in [0, 0.05) is 26.2 Å². The lowest BCUT2D eigenvalue weighted by molar-refractivity contribution is -0.122. The van der Waals surface area contributed by atoms with Gasteiger partial charge < -0.3 is 10.6 Å². The summed E-state index contributed by atoms with van der Waals surface area (Å²) >= 11 is 0. The van der Waals surface area contributed by atoms with E-state index in [0.29, 0.717) is 18.5 Å². The van der Waals surface area contributed by atoms with Gasteiger partial charge in [0.2, 0.25) is 5.91 Å². The van der Waals surface area contributed by atoms with Gasteiger partial charge in [0.05, 0.1) is 6.54 Å². The van der Waals surface area contributed by atoms with Gasteiger partial charge >= 0.3 is 0 Å². The minimum Gasteiger partial charge on any atom is -0.358 e. The van der Waals surface area contributed by atoms with Crippen molar-refractivity contribution in [3.8, 4) is 0 Å². The van der Waals surface area contributed by atoms with Crippen LogP contribution in [0.3, 0.4) is 0 Å². The van der Waals surface area contributed by atoms with Crippen LogP contribution in [0.15, 0.2) is 0 Å². The van der Waals surface area contributed by atoms with Crippen molar-refractivity contribution in [1.29, 1.82) is 0 Å². The molecule has 0 aliphatic carbocycles. The first kappa shape index (κ1) is 12.5. The highest BCUT2D eigenvalue weighted by Gasteiger charge is 2.25. The second-order valence-electron chi connectivity index (χ2n) is 4.34. The van der Waals surface area contributed by atoms with Crippen molar-refractivity contribution in [3.63, 3.8) is 0 Å². The molecule has 0 aromatic carbocycles. The van der Waals surface area contributed by atoms with Crippen LogP contribution in [0.4, 0.5) is 0 Å².